The minimum Gasteiger partial charge on any atom is -0.325 e. The summed E-state index contributed by atoms with van der Waals surface area (Å²) >= 11 is 0. The Hall–Kier alpha value is -3.33. The van der Waals surface area contributed by atoms with Gasteiger partial charge in [-0.2, -0.15) is 5.26 Å². The number of urea groups is 1. The molecule has 0 atom stereocenters. The summed E-state index contributed by atoms with van der Waals surface area (Å²) in [5.41, 5.74) is 1.73. The molecule has 26 heavy (non-hydrogen) atoms. The van der Waals surface area contributed by atoms with Crippen molar-refractivity contribution in [3.63, 3.8) is 0 Å². The molecule has 2 N–H and O–H groups in total. The lowest BCUT2D eigenvalue weighted by atomic mass is 9.96. The van der Waals surface area contributed by atoms with E-state index in [1.165, 1.54) is 0 Å². The van der Waals surface area contributed by atoms with Crippen LogP contribution in [0.4, 0.5) is 16.2 Å². The van der Waals surface area contributed by atoms with Crippen molar-refractivity contribution < 1.29 is 9.59 Å². The molecule has 3 amide bonds. The molecule has 0 radical (unpaired) electrons. The molecule has 132 valence electrons. The molecule has 6 heteroatoms. The average molecular weight is 348 g/mol. The van der Waals surface area contributed by atoms with Crippen LogP contribution >= 0.6 is 0 Å². The summed E-state index contributed by atoms with van der Waals surface area (Å²) in [5.74, 6) is -0.265. The number of rotatable bonds is 3. The highest BCUT2D eigenvalue weighted by Gasteiger charge is 2.27. The van der Waals surface area contributed by atoms with Gasteiger partial charge in [0.1, 0.15) is 6.07 Å². The van der Waals surface area contributed by atoms with Crippen molar-refractivity contribution in [2.45, 2.75) is 12.8 Å². The second-order valence-corrected chi connectivity index (χ2v) is 6.20. The maximum Gasteiger partial charge on any atom is 0.321 e. The van der Waals surface area contributed by atoms with Gasteiger partial charge in [0.05, 0.1) is 11.3 Å². The Morgan fingerprint density at radius 3 is 2.31 bits per heavy atom. The highest BCUT2D eigenvalue weighted by molar-refractivity contribution is 5.94. The van der Waals surface area contributed by atoms with Gasteiger partial charge in [0, 0.05) is 24.7 Å². The summed E-state index contributed by atoms with van der Waals surface area (Å²) < 4.78 is 0. The maximum absolute atomic E-state index is 12.5. The number of para-hydroxylation sites is 2. The first kappa shape index (κ1) is 17.5. The van der Waals surface area contributed by atoms with Crippen LogP contribution in [0, 0.1) is 17.2 Å². The first-order chi connectivity index (χ1) is 12.7. The molecule has 3 rings (SSSR count). The van der Waals surface area contributed by atoms with Crippen LogP contribution in [0.15, 0.2) is 54.6 Å². The number of amides is 3. The predicted octanol–water partition coefficient (Wildman–Crippen LogP) is 3.44. The highest BCUT2D eigenvalue weighted by atomic mass is 16.2. The summed E-state index contributed by atoms with van der Waals surface area (Å²) in [6.07, 6.45) is 1.20. The Kier molecular flexibility index (Phi) is 5.49. The molecule has 6 nitrogen and oxygen atoms in total. The fourth-order valence-corrected chi connectivity index (χ4v) is 2.99. The molecule has 1 saturated heterocycles. The highest BCUT2D eigenvalue weighted by Crippen LogP contribution is 2.21. The van der Waals surface area contributed by atoms with Crippen LogP contribution in [-0.4, -0.2) is 29.9 Å². The summed E-state index contributed by atoms with van der Waals surface area (Å²) in [6, 6.07) is 18.2. The van der Waals surface area contributed by atoms with E-state index in [2.05, 4.69) is 16.7 Å². The van der Waals surface area contributed by atoms with Crippen molar-refractivity contribution in [1.29, 1.82) is 5.26 Å². The van der Waals surface area contributed by atoms with E-state index in [1.54, 1.807) is 29.2 Å². The van der Waals surface area contributed by atoms with E-state index in [0.717, 1.165) is 5.69 Å². The summed E-state index contributed by atoms with van der Waals surface area (Å²) in [6.45, 7) is 1.05. The lowest BCUT2D eigenvalue weighted by Crippen LogP contribution is -2.43. The van der Waals surface area contributed by atoms with E-state index in [4.69, 9.17) is 5.26 Å². The Morgan fingerprint density at radius 2 is 1.62 bits per heavy atom. The molecule has 0 bridgehead atoms. The van der Waals surface area contributed by atoms with Gasteiger partial charge in [-0.25, -0.2) is 4.79 Å². The van der Waals surface area contributed by atoms with Crippen molar-refractivity contribution in [3.8, 4) is 6.07 Å². The van der Waals surface area contributed by atoms with Crippen molar-refractivity contribution in [1.82, 2.24) is 4.90 Å². The number of nitrogens with one attached hydrogen (secondary N) is 2. The minimum absolute atomic E-state index is 0.101. The third-order valence-corrected chi connectivity index (χ3v) is 4.48. The standard InChI is InChI=1S/C20H20N4O2/c21-14-16-6-4-5-9-18(16)23-19(25)15-10-12-24(13-11-15)20(26)22-17-7-2-1-3-8-17/h1-9,15H,10-13H2,(H,22,26)(H,23,25). The number of nitrogens with zero attached hydrogens (tertiary/aromatic N) is 2. The topological polar surface area (TPSA) is 85.2 Å². The Labute approximate surface area is 152 Å². The number of anilines is 2. The first-order valence-electron chi connectivity index (χ1n) is 8.58. The normalized spacial score (nSPS) is 14.3. The van der Waals surface area contributed by atoms with Crippen LogP contribution in [0.3, 0.4) is 0 Å². The zero-order valence-corrected chi connectivity index (χ0v) is 14.3. The zero-order chi connectivity index (χ0) is 18.4. The van der Waals surface area contributed by atoms with Gasteiger partial charge in [0.25, 0.3) is 0 Å². The molecule has 1 fully saturated rings. The van der Waals surface area contributed by atoms with Crippen LogP contribution in [0.2, 0.25) is 0 Å². The fourth-order valence-electron chi connectivity index (χ4n) is 2.99. The summed E-state index contributed by atoms with van der Waals surface area (Å²) in [5, 5.41) is 14.8. The molecule has 2 aromatic rings. The molecular weight excluding hydrogens is 328 g/mol. The third-order valence-electron chi connectivity index (χ3n) is 4.48. The van der Waals surface area contributed by atoms with Crippen molar-refractivity contribution in [2.75, 3.05) is 23.7 Å². The Balaban J connectivity index is 1.52. The van der Waals surface area contributed by atoms with E-state index >= 15 is 0 Å². The number of piperidine rings is 1. The van der Waals surface area contributed by atoms with E-state index in [9.17, 15) is 9.59 Å². The van der Waals surface area contributed by atoms with Crippen LogP contribution in [0.5, 0.6) is 0 Å². The molecule has 0 unspecified atom stereocenters. The Morgan fingerprint density at radius 1 is 0.962 bits per heavy atom. The van der Waals surface area contributed by atoms with Gasteiger partial charge in [-0.1, -0.05) is 30.3 Å². The molecule has 0 aromatic heterocycles. The van der Waals surface area contributed by atoms with Gasteiger partial charge in [0.2, 0.25) is 5.91 Å². The van der Waals surface area contributed by atoms with Crippen molar-refractivity contribution in [2.24, 2.45) is 5.92 Å². The number of hydrogen-bond donors (Lipinski definition) is 2. The molecule has 2 aromatic carbocycles. The van der Waals surface area contributed by atoms with Crippen LogP contribution in [0.1, 0.15) is 18.4 Å². The molecule has 0 aliphatic carbocycles. The predicted molar refractivity (Wildman–Crippen MR) is 99.5 cm³/mol. The number of carbonyl (C=O) groups excluding carboxylic acids is 2. The average Bonchev–Trinajstić information content (AvgIpc) is 2.69. The maximum atomic E-state index is 12.5. The molecule has 1 aliphatic heterocycles. The molecule has 0 saturated carbocycles. The second kappa shape index (κ2) is 8.17. The van der Waals surface area contributed by atoms with Crippen LogP contribution < -0.4 is 10.6 Å². The Bertz CT molecular complexity index is 821. The largest absolute Gasteiger partial charge is 0.325 e. The molecule has 0 spiro atoms. The quantitative estimate of drug-likeness (QED) is 0.891. The first-order valence-corrected chi connectivity index (χ1v) is 8.58. The summed E-state index contributed by atoms with van der Waals surface area (Å²) in [7, 11) is 0. The van der Waals surface area contributed by atoms with Crippen molar-refractivity contribution in [3.05, 3.63) is 60.2 Å². The van der Waals surface area contributed by atoms with Gasteiger partial charge in [-0.3, -0.25) is 4.79 Å². The van der Waals surface area contributed by atoms with E-state index in [1.807, 2.05) is 30.3 Å². The van der Waals surface area contributed by atoms with Gasteiger partial charge in [-0.15, -0.1) is 0 Å². The van der Waals surface area contributed by atoms with Crippen LogP contribution in [0.25, 0.3) is 0 Å². The zero-order valence-electron chi connectivity index (χ0n) is 14.3. The van der Waals surface area contributed by atoms with E-state index in [-0.39, 0.29) is 17.9 Å². The van der Waals surface area contributed by atoms with Crippen molar-refractivity contribution >= 4 is 23.3 Å². The molecule has 1 heterocycles. The van der Waals surface area contributed by atoms with Crippen LogP contribution in [-0.2, 0) is 4.79 Å². The van der Waals surface area contributed by atoms with E-state index in [0.29, 0.717) is 37.2 Å². The molecule has 1 aliphatic rings. The minimum atomic E-state index is -0.164. The number of benzene rings is 2. The summed E-state index contributed by atoms with van der Waals surface area (Å²) in [4.78, 5) is 26.5. The van der Waals surface area contributed by atoms with Gasteiger partial charge in [-0.05, 0) is 37.1 Å². The van der Waals surface area contributed by atoms with E-state index < -0.39 is 0 Å². The van der Waals surface area contributed by atoms with Gasteiger partial charge in [0.15, 0.2) is 0 Å². The number of hydrogen-bond acceptors (Lipinski definition) is 3. The molecular formula is C20H20N4O2. The number of likely N-dealkylation sites (tertiary alicyclic amines) is 1. The lowest BCUT2D eigenvalue weighted by molar-refractivity contribution is -0.121. The van der Waals surface area contributed by atoms with Gasteiger partial charge >= 0.3 is 6.03 Å². The smallest absolute Gasteiger partial charge is 0.321 e. The monoisotopic (exact) mass is 348 g/mol. The number of carbonyl (C=O) groups is 2. The SMILES string of the molecule is N#Cc1ccccc1NC(=O)C1CCN(C(=O)Nc2ccccc2)CC1. The second-order valence-electron chi connectivity index (χ2n) is 6.20. The van der Waals surface area contributed by atoms with Gasteiger partial charge < -0.3 is 15.5 Å². The fraction of sp³-hybridized carbons (Fsp3) is 0.250. The third kappa shape index (κ3) is 4.19. The number of nitriles is 1. The lowest BCUT2D eigenvalue weighted by Gasteiger charge is -2.31.